The van der Waals surface area contributed by atoms with Gasteiger partial charge in [0, 0.05) is 6.92 Å². The highest BCUT2D eigenvalue weighted by Gasteiger charge is 2.00. The van der Waals surface area contributed by atoms with Crippen molar-refractivity contribution in [2.24, 2.45) is 5.10 Å². The number of Topliss-reactive ketones (excluding diaryl/α,β-unsaturated/α-hetero) is 1. The monoisotopic (exact) mass is 210 g/mol. The van der Waals surface area contributed by atoms with E-state index in [9.17, 15) is 4.79 Å². The zero-order valence-electron chi connectivity index (χ0n) is 8.04. The minimum absolute atomic E-state index is 0.109. The highest BCUT2D eigenvalue weighted by molar-refractivity contribution is 6.33. The van der Waals surface area contributed by atoms with Crippen molar-refractivity contribution in [2.75, 3.05) is 5.43 Å². The fourth-order valence-electron chi connectivity index (χ4n) is 0.961. The zero-order valence-corrected chi connectivity index (χ0v) is 8.80. The Labute approximate surface area is 87.8 Å². The lowest BCUT2D eigenvalue weighted by molar-refractivity contribution is -0.110. The standard InChI is InChI=1S/C10H11ClN2O/c1-7-4-3-5-9(11)10(7)13-12-6-8(2)14/h3-6,13H,1-2H3/b12-6+. The number of hydrogen-bond donors (Lipinski definition) is 1. The van der Waals surface area contributed by atoms with Crippen molar-refractivity contribution in [3.05, 3.63) is 28.8 Å². The Morgan fingerprint density at radius 3 is 2.86 bits per heavy atom. The van der Waals surface area contributed by atoms with Gasteiger partial charge in [0.1, 0.15) is 0 Å². The van der Waals surface area contributed by atoms with E-state index in [1.54, 1.807) is 6.07 Å². The van der Waals surface area contributed by atoms with E-state index >= 15 is 0 Å². The second-order valence-electron chi connectivity index (χ2n) is 2.91. The molecule has 3 nitrogen and oxygen atoms in total. The summed E-state index contributed by atoms with van der Waals surface area (Å²) >= 11 is 5.92. The summed E-state index contributed by atoms with van der Waals surface area (Å²) in [6.07, 6.45) is 1.21. The highest BCUT2D eigenvalue weighted by Crippen LogP contribution is 2.24. The van der Waals surface area contributed by atoms with Gasteiger partial charge in [-0.1, -0.05) is 23.7 Å². The highest BCUT2D eigenvalue weighted by atomic mass is 35.5. The van der Waals surface area contributed by atoms with Gasteiger partial charge in [0.15, 0.2) is 5.78 Å². The van der Waals surface area contributed by atoms with Gasteiger partial charge in [-0.05, 0) is 18.6 Å². The molecule has 1 aromatic rings. The third kappa shape index (κ3) is 2.85. The maximum absolute atomic E-state index is 10.6. The summed E-state index contributed by atoms with van der Waals surface area (Å²) in [5.74, 6) is -0.109. The predicted octanol–water partition coefficient (Wildman–Crippen LogP) is 2.64. The second-order valence-corrected chi connectivity index (χ2v) is 3.32. The number of ketones is 1. The fraction of sp³-hybridized carbons (Fsp3) is 0.200. The van der Waals surface area contributed by atoms with Crippen LogP contribution in [-0.4, -0.2) is 12.0 Å². The van der Waals surface area contributed by atoms with Crippen molar-refractivity contribution < 1.29 is 4.79 Å². The average Bonchev–Trinajstić information content (AvgIpc) is 2.09. The lowest BCUT2D eigenvalue weighted by atomic mass is 10.2. The van der Waals surface area contributed by atoms with Gasteiger partial charge in [-0.2, -0.15) is 5.10 Å². The van der Waals surface area contributed by atoms with Crippen LogP contribution in [0.15, 0.2) is 23.3 Å². The van der Waals surface area contributed by atoms with E-state index in [0.717, 1.165) is 11.3 Å². The molecule has 0 spiro atoms. The third-order valence-corrected chi connectivity index (χ3v) is 1.96. The number of nitrogens with one attached hydrogen (secondary N) is 1. The van der Waals surface area contributed by atoms with E-state index in [-0.39, 0.29) is 5.78 Å². The summed E-state index contributed by atoms with van der Waals surface area (Å²) < 4.78 is 0. The van der Waals surface area contributed by atoms with Crippen LogP contribution < -0.4 is 5.43 Å². The molecule has 0 bridgehead atoms. The van der Waals surface area contributed by atoms with Gasteiger partial charge in [-0.3, -0.25) is 10.2 Å². The number of hydrazone groups is 1. The van der Waals surface area contributed by atoms with Crippen molar-refractivity contribution in [1.82, 2.24) is 0 Å². The number of carbonyl (C=O) groups is 1. The predicted molar refractivity (Wildman–Crippen MR) is 59.0 cm³/mol. The largest absolute Gasteiger partial charge is 0.293 e. The molecule has 0 unspecified atom stereocenters. The molecule has 0 aromatic heterocycles. The molecule has 0 aliphatic carbocycles. The van der Waals surface area contributed by atoms with E-state index < -0.39 is 0 Å². The summed E-state index contributed by atoms with van der Waals surface area (Å²) in [7, 11) is 0. The van der Waals surface area contributed by atoms with Crippen LogP contribution in [0.4, 0.5) is 5.69 Å². The molecule has 0 fully saturated rings. The molecule has 74 valence electrons. The molecule has 0 saturated carbocycles. The molecule has 14 heavy (non-hydrogen) atoms. The minimum Gasteiger partial charge on any atom is -0.293 e. The van der Waals surface area contributed by atoms with Gasteiger partial charge in [0.2, 0.25) is 0 Å². The van der Waals surface area contributed by atoms with E-state index in [2.05, 4.69) is 10.5 Å². The maximum atomic E-state index is 10.6. The first kappa shape index (κ1) is 10.7. The first-order chi connectivity index (χ1) is 6.61. The number of para-hydroxylation sites is 1. The quantitative estimate of drug-likeness (QED) is 0.616. The molecule has 1 aromatic carbocycles. The molecule has 0 aliphatic rings. The molecule has 0 saturated heterocycles. The van der Waals surface area contributed by atoms with Crippen LogP contribution in [0, 0.1) is 6.92 Å². The van der Waals surface area contributed by atoms with Gasteiger partial charge >= 0.3 is 0 Å². The summed E-state index contributed by atoms with van der Waals surface area (Å²) in [5, 5.41) is 4.34. The number of anilines is 1. The molecule has 4 heteroatoms. The number of carbonyl (C=O) groups excluding carboxylic acids is 1. The van der Waals surface area contributed by atoms with Gasteiger partial charge in [0.05, 0.1) is 16.9 Å². The van der Waals surface area contributed by atoms with E-state index in [4.69, 9.17) is 11.6 Å². The van der Waals surface area contributed by atoms with Crippen molar-refractivity contribution >= 4 is 29.3 Å². The summed E-state index contributed by atoms with van der Waals surface area (Å²) in [6, 6.07) is 5.54. The van der Waals surface area contributed by atoms with Crippen molar-refractivity contribution in [1.29, 1.82) is 0 Å². The Kier molecular flexibility index (Phi) is 3.65. The van der Waals surface area contributed by atoms with Crippen LogP contribution in [0.2, 0.25) is 5.02 Å². The molecule has 0 amide bonds. The van der Waals surface area contributed by atoms with Gasteiger partial charge in [0.25, 0.3) is 0 Å². The van der Waals surface area contributed by atoms with E-state index in [0.29, 0.717) is 5.02 Å². The van der Waals surface area contributed by atoms with Crippen LogP contribution in [0.25, 0.3) is 0 Å². The molecule has 0 aliphatic heterocycles. The molecular formula is C10H11ClN2O. The summed E-state index contributed by atoms with van der Waals surface area (Å²) in [4.78, 5) is 10.6. The van der Waals surface area contributed by atoms with Crippen molar-refractivity contribution in [3.8, 4) is 0 Å². The van der Waals surface area contributed by atoms with Crippen LogP contribution in [0.1, 0.15) is 12.5 Å². The minimum atomic E-state index is -0.109. The smallest absolute Gasteiger partial charge is 0.172 e. The summed E-state index contributed by atoms with van der Waals surface area (Å²) in [6.45, 7) is 3.35. The lowest BCUT2D eigenvalue weighted by Gasteiger charge is -2.05. The topological polar surface area (TPSA) is 41.5 Å². The molecule has 1 N–H and O–H groups in total. The number of rotatable bonds is 3. The molecule has 0 radical (unpaired) electrons. The lowest BCUT2D eigenvalue weighted by Crippen LogP contribution is -1.97. The zero-order chi connectivity index (χ0) is 10.6. The Bertz CT molecular complexity index is 354. The van der Waals surface area contributed by atoms with Crippen LogP contribution in [-0.2, 0) is 4.79 Å². The number of aryl methyl sites for hydroxylation is 1. The first-order valence-corrected chi connectivity index (χ1v) is 4.54. The number of benzene rings is 1. The third-order valence-electron chi connectivity index (χ3n) is 1.64. The maximum Gasteiger partial charge on any atom is 0.172 e. The Morgan fingerprint density at radius 2 is 2.29 bits per heavy atom. The normalized spacial score (nSPS) is 10.5. The van der Waals surface area contributed by atoms with Crippen molar-refractivity contribution in [3.63, 3.8) is 0 Å². The Balaban J connectivity index is 2.81. The van der Waals surface area contributed by atoms with Crippen LogP contribution in [0.3, 0.4) is 0 Å². The fourth-order valence-corrected chi connectivity index (χ4v) is 1.23. The van der Waals surface area contributed by atoms with Gasteiger partial charge < -0.3 is 0 Å². The molecule has 1 rings (SSSR count). The number of halogens is 1. The van der Waals surface area contributed by atoms with Gasteiger partial charge in [-0.15, -0.1) is 0 Å². The number of hydrogen-bond acceptors (Lipinski definition) is 3. The van der Waals surface area contributed by atoms with Gasteiger partial charge in [-0.25, -0.2) is 0 Å². The van der Waals surface area contributed by atoms with E-state index in [1.807, 2.05) is 19.1 Å². The molecular weight excluding hydrogens is 200 g/mol. The van der Waals surface area contributed by atoms with Crippen molar-refractivity contribution in [2.45, 2.75) is 13.8 Å². The second kappa shape index (κ2) is 4.77. The molecule has 0 atom stereocenters. The molecule has 0 heterocycles. The van der Waals surface area contributed by atoms with E-state index in [1.165, 1.54) is 13.1 Å². The first-order valence-electron chi connectivity index (χ1n) is 4.16. The van der Waals surface area contributed by atoms with Crippen LogP contribution >= 0.6 is 11.6 Å². The van der Waals surface area contributed by atoms with Crippen LogP contribution in [0.5, 0.6) is 0 Å². The Hall–Kier alpha value is -1.35. The summed E-state index contributed by atoms with van der Waals surface area (Å²) in [5.41, 5.74) is 4.44. The number of nitrogens with zero attached hydrogens (tertiary/aromatic N) is 1. The SMILES string of the molecule is CC(=O)/C=N/Nc1c(C)cccc1Cl. The Morgan fingerprint density at radius 1 is 1.57 bits per heavy atom. The average molecular weight is 211 g/mol.